The van der Waals surface area contributed by atoms with Gasteiger partial charge in [0.2, 0.25) is 0 Å². The van der Waals surface area contributed by atoms with Gasteiger partial charge in [0.15, 0.2) is 11.2 Å². The molecule has 6 nitrogen and oxygen atoms in total. The van der Waals surface area contributed by atoms with Crippen LogP contribution in [-0.2, 0) is 10.8 Å². The number of anilines is 6. The van der Waals surface area contributed by atoms with Crippen molar-refractivity contribution >= 4 is 154 Å². The van der Waals surface area contributed by atoms with Crippen LogP contribution >= 0.6 is 0 Å². The van der Waals surface area contributed by atoms with Crippen molar-refractivity contribution in [3.8, 4) is 0 Å². The van der Waals surface area contributed by atoms with Crippen LogP contribution in [0.5, 0.6) is 0 Å². The van der Waals surface area contributed by atoms with Crippen molar-refractivity contribution in [2.75, 3.05) is 9.80 Å². The smallest absolute Gasteiger partial charge is 0.159 e. The lowest BCUT2D eigenvalue weighted by Crippen LogP contribution is -2.16. The molecule has 0 amide bonds. The van der Waals surface area contributed by atoms with Crippen LogP contribution in [0.1, 0.15) is 52.7 Å². The monoisotopic (exact) mass is 1030 g/mol. The lowest BCUT2D eigenvalue weighted by Gasteiger charge is -2.32. The quantitative estimate of drug-likeness (QED) is 0.156. The van der Waals surface area contributed by atoms with Gasteiger partial charge in [0.25, 0.3) is 0 Å². The van der Waals surface area contributed by atoms with Gasteiger partial charge in [-0.25, -0.2) is 0 Å². The molecule has 11 aromatic carbocycles. The van der Waals surface area contributed by atoms with Crippen LogP contribution in [-0.4, -0.2) is 8.80 Å². The fourth-order valence-electron chi connectivity index (χ4n) is 13.8. The van der Waals surface area contributed by atoms with E-state index in [-0.39, 0.29) is 10.8 Å². The maximum Gasteiger partial charge on any atom is 0.159 e. The number of furan rings is 2. The van der Waals surface area contributed by atoms with Crippen LogP contribution in [0.2, 0.25) is 0 Å². The van der Waals surface area contributed by atoms with Gasteiger partial charge >= 0.3 is 0 Å². The molecular weight excluding hydrogens is 977 g/mol. The molecule has 382 valence electrons. The molecule has 17 rings (SSSR count). The van der Waals surface area contributed by atoms with Gasteiger partial charge in [-0.15, -0.1) is 0 Å². The lowest BCUT2D eigenvalue weighted by molar-refractivity contribution is 0.590. The predicted molar refractivity (Wildman–Crippen MR) is 337 cm³/mol. The molecule has 6 heteroatoms. The number of nitrogens with zero attached hydrogens (tertiary/aromatic N) is 4. The molecule has 17 aromatic rings. The minimum Gasteiger partial charge on any atom is -0.454 e. The number of fused-ring (bicyclic) bond motifs is 18. The standard InChI is InChI=1S/C74H54N4O2/c1-73(2,3)43-35-39-45(40-36-43)75(59-31-17-25-53-49-21-9-13-33-61(49)79-71(53)59)67-63-55-27-15-23-51-48-20-8-12-30-58(48)78(65(51)55)70(63)68(64-56-28-16-24-52-47-19-7-11-29-57(47)77(66(52)56)69(64)67)76(46-41-37-44(38-42-46)74(4,5)6)60-32-18-26-54-50-22-10-14-34-62(50)80-72(54)60/h7-42H,1-6H3. The molecule has 0 fully saturated rings. The topological polar surface area (TPSA) is 41.6 Å². The van der Waals surface area contributed by atoms with Gasteiger partial charge in [0.05, 0.1) is 55.8 Å². The van der Waals surface area contributed by atoms with E-state index in [4.69, 9.17) is 8.83 Å². The van der Waals surface area contributed by atoms with E-state index in [0.29, 0.717) is 0 Å². The van der Waals surface area contributed by atoms with Crippen molar-refractivity contribution < 1.29 is 8.83 Å². The third-order valence-electron chi connectivity index (χ3n) is 17.5. The molecule has 0 aliphatic heterocycles. The first kappa shape index (κ1) is 45.3. The number of rotatable bonds is 6. The van der Waals surface area contributed by atoms with Gasteiger partial charge in [0, 0.05) is 76.0 Å². The first-order valence-electron chi connectivity index (χ1n) is 27.9. The van der Waals surface area contributed by atoms with Crippen molar-refractivity contribution in [1.82, 2.24) is 8.80 Å². The number of aromatic nitrogens is 2. The zero-order chi connectivity index (χ0) is 53.5. The third kappa shape index (κ3) is 6.02. The SMILES string of the molecule is CC(C)(C)c1ccc(N(c2cccc3c2oc2ccccc23)c2c3c4cccc5c6ccccc6n(c3c(N(c3ccc(C(C)(C)C)cc3)c3cccc6c3oc3ccccc36)c3c6cccc7c8ccccc8n(c23)c76)c54)cc1. The van der Waals surface area contributed by atoms with Gasteiger partial charge in [-0.1, -0.05) is 199 Å². The zero-order valence-electron chi connectivity index (χ0n) is 45.4. The average molecular weight is 1030 g/mol. The van der Waals surface area contributed by atoms with Crippen LogP contribution in [0.3, 0.4) is 0 Å². The van der Waals surface area contributed by atoms with Gasteiger partial charge in [-0.2, -0.15) is 0 Å². The molecule has 0 N–H and O–H groups in total. The molecule has 0 radical (unpaired) electrons. The summed E-state index contributed by atoms with van der Waals surface area (Å²) in [6, 6.07) is 80.7. The summed E-state index contributed by atoms with van der Waals surface area (Å²) in [6.07, 6.45) is 0. The zero-order valence-corrected chi connectivity index (χ0v) is 45.4. The molecule has 0 aliphatic rings. The Balaban J connectivity index is 1.16. The second-order valence-electron chi connectivity index (χ2n) is 24.0. The maximum absolute atomic E-state index is 7.17. The van der Waals surface area contributed by atoms with E-state index in [2.05, 4.69) is 279 Å². The van der Waals surface area contributed by atoms with E-state index in [9.17, 15) is 0 Å². The summed E-state index contributed by atoms with van der Waals surface area (Å²) >= 11 is 0. The van der Waals surface area contributed by atoms with E-state index < -0.39 is 0 Å². The minimum absolute atomic E-state index is 0.0684. The molecular formula is C74H54N4O2. The normalized spacial score (nSPS) is 12.9. The summed E-state index contributed by atoms with van der Waals surface area (Å²) in [6.45, 7) is 13.8. The first-order chi connectivity index (χ1) is 39.0. The fourth-order valence-corrected chi connectivity index (χ4v) is 13.8. The Morgan fingerprint density at radius 3 is 1.05 bits per heavy atom. The molecule has 80 heavy (non-hydrogen) atoms. The van der Waals surface area contributed by atoms with Crippen molar-refractivity contribution in [2.45, 2.75) is 52.4 Å². The number of hydrogen-bond donors (Lipinski definition) is 0. The Hall–Kier alpha value is -9.78. The van der Waals surface area contributed by atoms with Crippen molar-refractivity contribution in [3.63, 3.8) is 0 Å². The van der Waals surface area contributed by atoms with Crippen molar-refractivity contribution in [1.29, 1.82) is 0 Å². The van der Waals surface area contributed by atoms with E-state index in [1.807, 2.05) is 0 Å². The molecule has 0 spiro atoms. The molecule has 6 heterocycles. The molecule has 0 saturated carbocycles. The van der Waals surface area contributed by atoms with Gasteiger partial charge < -0.3 is 27.4 Å². The Morgan fingerprint density at radius 2 is 0.637 bits per heavy atom. The van der Waals surface area contributed by atoms with Crippen molar-refractivity contribution in [2.24, 2.45) is 0 Å². The molecule has 0 atom stereocenters. The third-order valence-corrected chi connectivity index (χ3v) is 17.5. The van der Waals surface area contributed by atoms with E-state index in [1.54, 1.807) is 0 Å². The Bertz CT molecular complexity index is 5050. The summed E-state index contributed by atoms with van der Waals surface area (Å²) < 4.78 is 19.5. The van der Waals surface area contributed by atoms with Crippen molar-refractivity contribution in [3.05, 3.63) is 230 Å². The number of para-hydroxylation sites is 8. The average Bonchev–Trinajstić information content (AvgIpc) is 3.24. The van der Waals surface area contributed by atoms with E-state index in [0.717, 1.165) is 122 Å². The van der Waals surface area contributed by atoms with Gasteiger partial charge in [-0.05, 0) is 82.6 Å². The lowest BCUT2D eigenvalue weighted by atomic mass is 9.87. The molecule has 0 bridgehead atoms. The maximum atomic E-state index is 7.17. The second-order valence-corrected chi connectivity index (χ2v) is 24.0. The second kappa shape index (κ2) is 15.9. The number of hydrogen-bond acceptors (Lipinski definition) is 4. The summed E-state index contributed by atoms with van der Waals surface area (Å²) in [5.41, 5.74) is 18.7. The highest BCUT2D eigenvalue weighted by molar-refractivity contribution is 6.39. The summed E-state index contributed by atoms with van der Waals surface area (Å²) in [5, 5.41) is 13.7. The van der Waals surface area contributed by atoms with Crippen LogP contribution in [0.4, 0.5) is 34.1 Å². The largest absolute Gasteiger partial charge is 0.454 e. The highest BCUT2D eigenvalue weighted by Crippen LogP contribution is 2.59. The predicted octanol–water partition coefficient (Wildman–Crippen LogP) is 21.3. The number of benzene rings is 11. The molecule has 6 aromatic heterocycles. The summed E-state index contributed by atoms with van der Waals surface area (Å²) in [4.78, 5) is 5.09. The highest BCUT2D eigenvalue weighted by Gasteiger charge is 2.37. The molecule has 0 aliphatic carbocycles. The van der Waals surface area contributed by atoms with Crippen LogP contribution < -0.4 is 9.80 Å². The highest BCUT2D eigenvalue weighted by atomic mass is 16.3. The summed E-state index contributed by atoms with van der Waals surface area (Å²) in [7, 11) is 0. The van der Waals surface area contributed by atoms with Crippen LogP contribution in [0.25, 0.3) is 120 Å². The van der Waals surface area contributed by atoms with E-state index >= 15 is 0 Å². The molecule has 0 unspecified atom stereocenters. The summed E-state index contributed by atoms with van der Waals surface area (Å²) in [5.74, 6) is 0. The first-order valence-corrected chi connectivity index (χ1v) is 27.9. The Morgan fingerprint density at radius 1 is 0.300 bits per heavy atom. The minimum atomic E-state index is -0.0684. The Kier molecular flexibility index (Phi) is 9.01. The Labute approximate surface area is 461 Å². The van der Waals surface area contributed by atoms with Gasteiger partial charge in [0.1, 0.15) is 11.2 Å². The van der Waals surface area contributed by atoms with Gasteiger partial charge in [-0.3, -0.25) is 0 Å². The fraction of sp³-hybridized carbons (Fsp3) is 0.108. The van der Waals surface area contributed by atoms with Crippen LogP contribution in [0.15, 0.2) is 227 Å². The molecule has 0 saturated heterocycles. The van der Waals surface area contributed by atoms with E-state index in [1.165, 1.54) is 43.7 Å². The van der Waals surface area contributed by atoms with Crippen LogP contribution in [0, 0.1) is 0 Å².